The van der Waals surface area contributed by atoms with Gasteiger partial charge in [-0.25, -0.2) is 8.42 Å². The minimum atomic E-state index is -4.60. The maximum Gasteiger partial charge on any atom is 0.294 e. The van der Waals surface area contributed by atoms with Gasteiger partial charge in [0, 0.05) is 0 Å². The van der Waals surface area contributed by atoms with Gasteiger partial charge in [0.15, 0.2) is 0 Å². The second-order valence-electron chi connectivity index (χ2n) is 8.56. The molecule has 0 aromatic heterocycles. The van der Waals surface area contributed by atoms with Crippen molar-refractivity contribution in [3.05, 3.63) is 48.0 Å². The summed E-state index contributed by atoms with van der Waals surface area (Å²) in [6, 6.07) is 9.78. The highest BCUT2D eigenvalue weighted by Gasteiger charge is 2.29. The zero-order valence-electron chi connectivity index (χ0n) is 17.6. The van der Waals surface area contributed by atoms with E-state index in [1.54, 1.807) is 12.1 Å². The van der Waals surface area contributed by atoms with E-state index in [1.165, 1.54) is 24.3 Å². The molecule has 0 aliphatic rings. The molecule has 8 heteroatoms. The number of rotatable bonds is 6. The molecule has 0 saturated carbocycles. The van der Waals surface area contributed by atoms with Crippen molar-refractivity contribution in [3.63, 3.8) is 0 Å². The van der Waals surface area contributed by atoms with E-state index in [0.29, 0.717) is 17.7 Å². The quantitative estimate of drug-likeness (QED) is 0.658. The SMILES string of the molecule is CCC(C)(C)c1ccc(S(=O)(=O)c2ccc(OC(C)(C)C)cc2)cc1S(=O)(=O)O. The van der Waals surface area contributed by atoms with Crippen LogP contribution in [-0.4, -0.2) is 27.0 Å². The van der Waals surface area contributed by atoms with Gasteiger partial charge in [-0.05, 0) is 74.6 Å². The van der Waals surface area contributed by atoms with Crippen LogP contribution in [0.1, 0.15) is 53.5 Å². The van der Waals surface area contributed by atoms with Gasteiger partial charge in [-0.2, -0.15) is 8.42 Å². The molecular weight excluding hydrogens is 412 g/mol. The van der Waals surface area contributed by atoms with Crippen molar-refractivity contribution < 1.29 is 26.1 Å². The molecule has 2 aromatic carbocycles. The fraction of sp³-hybridized carbons (Fsp3) is 0.429. The average molecular weight is 441 g/mol. The molecule has 1 N–H and O–H groups in total. The predicted molar refractivity (Wildman–Crippen MR) is 112 cm³/mol. The summed E-state index contributed by atoms with van der Waals surface area (Å²) in [4.78, 5) is -0.592. The number of benzene rings is 2. The van der Waals surface area contributed by atoms with E-state index in [4.69, 9.17) is 4.74 Å². The first-order valence-corrected chi connectivity index (χ1v) is 12.2. The van der Waals surface area contributed by atoms with Gasteiger partial charge in [-0.3, -0.25) is 4.55 Å². The van der Waals surface area contributed by atoms with Crippen LogP contribution in [0.25, 0.3) is 0 Å². The van der Waals surface area contributed by atoms with Crippen LogP contribution in [0.15, 0.2) is 57.2 Å². The van der Waals surface area contributed by atoms with E-state index >= 15 is 0 Å². The molecule has 160 valence electrons. The van der Waals surface area contributed by atoms with Gasteiger partial charge in [0.2, 0.25) is 9.84 Å². The smallest absolute Gasteiger partial charge is 0.294 e. The van der Waals surface area contributed by atoms with Crippen LogP contribution in [0.4, 0.5) is 0 Å². The Morgan fingerprint density at radius 1 is 0.862 bits per heavy atom. The third kappa shape index (κ3) is 5.38. The van der Waals surface area contributed by atoms with Crippen LogP contribution >= 0.6 is 0 Å². The topological polar surface area (TPSA) is 97.7 Å². The lowest BCUT2D eigenvalue weighted by Crippen LogP contribution is -2.22. The molecule has 0 amide bonds. The molecule has 6 nitrogen and oxygen atoms in total. The van der Waals surface area contributed by atoms with Crippen LogP contribution in [0, 0.1) is 0 Å². The van der Waals surface area contributed by atoms with Crippen LogP contribution in [-0.2, 0) is 25.4 Å². The minimum Gasteiger partial charge on any atom is -0.488 e. The Morgan fingerprint density at radius 3 is 1.83 bits per heavy atom. The van der Waals surface area contributed by atoms with E-state index in [2.05, 4.69) is 0 Å². The van der Waals surface area contributed by atoms with Crippen molar-refractivity contribution in [2.45, 2.75) is 73.7 Å². The molecule has 0 spiro atoms. The molecule has 0 bridgehead atoms. The maximum absolute atomic E-state index is 13.0. The molecule has 0 saturated heterocycles. The number of hydrogen-bond acceptors (Lipinski definition) is 5. The first-order valence-electron chi connectivity index (χ1n) is 9.24. The third-order valence-electron chi connectivity index (χ3n) is 4.71. The van der Waals surface area contributed by atoms with Gasteiger partial charge in [-0.15, -0.1) is 0 Å². The van der Waals surface area contributed by atoms with Crippen molar-refractivity contribution in [1.82, 2.24) is 0 Å². The van der Waals surface area contributed by atoms with Gasteiger partial charge in [0.1, 0.15) is 11.4 Å². The zero-order valence-corrected chi connectivity index (χ0v) is 19.2. The van der Waals surface area contributed by atoms with Crippen molar-refractivity contribution >= 4 is 20.0 Å². The van der Waals surface area contributed by atoms with Crippen LogP contribution < -0.4 is 4.74 Å². The van der Waals surface area contributed by atoms with Crippen molar-refractivity contribution in [2.24, 2.45) is 0 Å². The standard InChI is InChI=1S/C21H28O6S2/c1-7-21(5,6)18-13-12-17(14-19(18)29(24,25)26)28(22,23)16-10-8-15(9-11-16)27-20(2,3)4/h8-14H,7H2,1-6H3,(H,24,25,26). The van der Waals surface area contributed by atoms with Crippen LogP contribution in [0.3, 0.4) is 0 Å². The van der Waals surface area contributed by atoms with E-state index in [-0.39, 0.29) is 9.79 Å². The number of ether oxygens (including phenoxy) is 1. The lowest BCUT2D eigenvalue weighted by atomic mass is 9.82. The molecule has 0 unspecified atom stereocenters. The van der Waals surface area contributed by atoms with Gasteiger partial charge in [-0.1, -0.05) is 26.8 Å². The lowest BCUT2D eigenvalue weighted by Gasteiger charge is -2.25. The van der Waals surface area contributed by atoms with Gasteiger partial charge < -0.3 is 4.74 Å². The number of hydrogen-bond donors (Lipinski definition) is 1. The molecule has 0 heterocycles. The minimum absolute atomic E-state index is 0.00236. The van der Waals surface area contributed by atoms with Gasteiger partial charge in [0.05, 0.1) is 14.7 Å². The monoisotopic (exact) mass is 440 g/mol. The summed E-state index contributed by atoms with van der Waals surface area (Å²) in [5, 5.41) is 0. The van der Waals surface area contributed by atoms with Crippen molar-refractivity contribution in [3.8, 4) is 5.75 Å². The normalized spacial score (nSPS) is 13.3. The summed E-state index contributed by atoms with van der Waals surface area (Å²) in [5.41, 5.74) is -0.609. The zero-order chi connectivity index (χ0) is 22.3. The van der Waals surface area contributed by atoms with Crippen LogP contribution in [0.5, 0.6) is 5.75 Å². The fourth-order valence-electron chi connectivity index (χ4n) is 2.81. The molecule has 0 radical (unpaired) electrons. The summed E-state index contributed by atoms with van der Waals surface area (Å²) >= 11 is 0. The van der Waals surface area contributed by atoms with Crippen LogP contribution in [0.2, 0.25) is 0 Å². The largest absolute Gasteiger partial charge is 0.488 e. The Kier molecular flexibility index (Phi) is 6.24. The molecule has 0 atom stereocenters. The Labute approximate surface area is 173 Å². The van der Waals surface area contributed by atoms with E-state index in [9.17, 15) is 21.4 Å². The van der Waals surface area contributed by atoms with E-state index < -0.39 is 35.9 Å². The molecular formula is C21H28O6S2. The Hall–Kier alpha value is -1.90. The highest BCUT2D eigenvalue weighted by atomic mass is 32.2. The van der Waals surface area contributed by atoms with Gasteiger partial charge in [0.25, 0.3) is 10.1 Å². The van der Waals surface area contributed by atoms with E-state index in [0.717, 1.165) is 6.07 Å². The molecule has 2 rings (SSSR count). The summed E-state index contributed by atoms with van der Waals surface area (Å²) in [6.07, 6.45) is 0.608. The molecule has 0 aliphatic carbocycles. The average Bonchev–Trinajstić information content (AvgIpc) is 2.59. The second kappa shape index (κ2) is 7.74. The maximum atomic E-state index is 13.0. The molecule has 0 aliphatic heterocycles. The highest BCUT2D eigenvalue weighted by molar-refractivity contribution is 7.91. The summed E-state index contributed by atoms with van der Waals surface area (Å²) in [6.45, 7) is 11.2. The Bertz CT molecular complexity index is 1090. The molecule has 29 heavy (non-hydrogen) atoms. The first kappa shape index (κ1) is 23.4. The van der Waals surface area contributed by atoms with Crippen molar-refractivity contribution in [1.29, 1.82) is 0 Å². The third-order valence-corrected chi connectivity index (χ3v) is 7.37. The lowest BCUT2D eigenvalue weighted by molar-refractivity contribution is 0.131. The number of sulfone groups is 1. The summed E-state index contributed by atoms with van der Waals surface area (Å²) in [5.74, 6) is 0.523. The predicted octanol–water partition coefficient (Wildman–Crippen LogP) is 4.63. The van der Waals surface area contributed by atoms with Gasteiger partial charge >= 0.3 is 0 Å². The van der Waals surface area contributed by atoms with Crippen molar-refractivity contribution in [2.75, 3.05) is 0 Å². The summed E-state index contributed by atoms with van der Waals surface area (Å²) in [7, 11) is -8.59. The molecule has 0 fully saturated rings. The molecule has 2 aromatic rings. The fourth-order valence-corrected chi connectivity index (χ4v) is 5.07. The second-order valence-corrected chi connectivity index (χ2v) is 11.9. The highest BCUT2D eigenvalue weighted by Crippen LogP contribution is 2.35. The Morgan fingerprint density at radius 2 is 1.38 bits per heavy atom. The first-order chi connectivity index (χ1) is 13.1. The summed E-state index contributed by atoms with van der Waals surface area (Å²) < 4.78 is 65.3. The Balaban J connectivity index is 2.56. The van der Waals surface area contributed by atoms with E-state index in [1.807, 2.05) is 41.5 Å².